The Balaban J connectivity index is 2.20. The molecule has 0 aliphatic heterocycles. The predicted octanol–water partition coefficient (Wildman–Crippen LogP) is 4.29. The van der Waals surface area contributed by atoms with Gasteiger partial charge in [-0.2, -0.15) is 0 Å². The maximum absolute atomic E-state index is 3.81. The van der Waals surface area contributed by atoms with E-state index in [1.54, 1.807) is 11.1 Å². The summed E-state index contributed by atoms with van der Waals surface area (Å²) in [5.41, 5.74) is 7.64. The van der Waals surface area contributed by atoms with Gasteiger partial charge in [0.15, 0.2) is 0 Å². The topological polar surface area (TPSA) is 0 Å². The molecule has 0 N–H and O–H groups in total. The molecule has 0 nitrogen and oxygen atoms in total. The number of hydrogen-bond donors (Lipinski definition) is 0. The van der Waals surface area contributed by atoms with Crippen molar-refractivity contribution in [1.29, 1.82) is 0 Å². The highest BCUT2D eigenvalue weighted by atomic mass is 79.9. The highest BCUT2D eigenvalue weighted by Crippen LogP contribution is 2.38. The first-order chi connectivity index (χ1) is 7.25. The van der Waals surface area contributed by atoms with Crippen LogP contribution in [-0.4, -0.2) is 0 Å². The number of halogens is 1. The normalized spacial score (nSPS) is 18.4. The molecule has 1 heteroatoms. The van der Waals surface area contributed by atoms with E-state index in [2.05, 4.69) is 35.0 Å². The summed E-state index contributed by atoms with van der Waals surface area (Å²) in [5, 5.41) is 0. The fourth-order valence-electron chi connectivity index (χ4n) is 2.83. The summed E-state index contributed by atoms with van der Waals surface area (Å²) in [4.78, 5) is 0. The van der Waals surface area contributed by atoms with Crippen LogP contribution in [0.3, 0.4) is 0 Å². The van der Waals surface area contributed by atoms with E-state index in [1.807, 2.05) is 0 Å². The molecule has 15 heavy (non-hydrogen) atoms. The second kappa shape index (κ2) is 3.48. The summed E-state index contributed by atoms with van der Waals surface area (Å²) >= 11 is 3.81. The zero-order valence-corrected chi connectivity index (χ0v) is 10.7. The molecule has 0 atom stereocenters. The third kappa shape index (κ3) is 1.48. The van der Waals surface area contributed by atoms with Gasteiger partial charge in [0, 0.05) is 4.47 Å². The smallest absolute Gasteiger partial charge is 0.0251 e. The van der Waals surface area contributed by atoms with Gasteiger partial charge in [0.2, 0.25) is 0 Å². The Bertz CT molecular complexity index is 455. The second-order valence-electron chi connectivity index (χ2n) is 4.77. The van der Waals surface area contributed by atoms with Crippen molar-refractivity contribution >= 4 is 22.0 Å². The van der Waals surface area contributed by atoms with Crippen molar-refractivity contribution < 1.29 is 0 Å². The first-order valence-electron chi connectivity index (χ1n) is 5.76. The van der Waals surface area contributed by atoms with Crippen LogP contribution in [0.1, 0.15) is 42.0 Å². The maximum Gasteiger partial charge on any atom is 0.0251 e. The van der Waals surface area contributed by atoms with Gasteiger partial charge in [-0.05, 0) is 61.3 Å². The van der Waals surface area contributed by atoms with E-state index < -0.39 is 0 Å². The van der Waals surface area contributed by atoms with Crippen molar-refractivity contribution in [3.63, 3.8) is 0 Å². The maximum atomic E-state index is 3.81. The van der Waals surface area contributed by atoms with E-state index in [-0.39, 0.29) is 0 Å². The predicted molar refractivity (Wildman–Crippen MR) is 68.1 cm³/mol. The number of fused-ring (bicyclic) bond motifs is 2. The molecule has 2 aliphatic carbocycles. The molecule has 0 fully saturated rings. The average Bonchev–Trinajstić information content (AvgIpc) is 2.59. The summed E-state index contributed by atoms with van der Waals surface area (Å²) in [7, 11) is 0. The minimum absolute atomic E-state index is 1.14. The van der Waals surface area contributed by atoms with Gasteiger partial charge < -0.3 is 0 Å². The van der Waals surface area contributed by atoms with Crippen LogP contribution in [0, 0.1) is 0 Å². The lowest BCUT2D eigenvalue weighted by Crippen LogP contribution is -2.05. The van der Waals surface area contributed by atoms with Crippen LogP contribution in [0.15, 0.2) is 16.1 Å². The van der Waals surface area contributed by atoms with Crippen LogP contribution in [0.25, 0.3) is 6.08 Å². The quantitative estimate of drug-likeness (QED) is 0.655. The molecule has 3 rings (SSSR count). The molecule has 78 valence electrons. The van der Waals surface area contributed by atoms with Gasteiger partial charge in [0.1, 0.15) is 0 Å². The molecular formula is C14H15Br. The van der Waals surface area contributed by atoms with Crippen LogP contribution in [-0.2, 0) is 19.3 Å². The van der Waals surface area contributed by atoms with Crippen molar-refractivity contribution in [3.8, 4) is 0 Å². The molecule has 2 aliphatic rings. The zero-order chi connectivity index (χ0) is 10.4. The molecule has 1 aromatic carbocycles. The molecule has 0 heterocycles. The van der Waals surface area contributed by atoms with Crippen LogP contribution in [0.2, 0.25) is 0 Å². The summed E-state index contributed by atoms with van der Waals surface area (Å²) < 4.78 is 1.41. The van der Waals surface area contributed by atoms with Crippen LogP contribution >= 0.6 is 15.9 Å². The van der Waals surface area contributed by atoms with Crippen molar-refractivity contribution in [3.05, 3.63) is 38.4 Å². The molecule has 0 bridgehead atoms. The Morgan fingerprint density at radius 1 is 1.13 bits per heavy atom. The Hall–Kier alpha value is -0.560. The molecule has 0 saturated carbocycles. The first kappa shape index (κ1) is 9.65. The molecule has 0 aromatic heterocycles. The number of benzene rings is 1. The Morgan fingerprint density at radius 2 is 1.93 bits per heavy atom. The molecule has 0 unspecified atom stereocenters. The van der Waals surface area contributed by atoms with Gasteiger partial charge in [-0.1, -0.05) is 33.6 Å². The van der Waals surface area contributed by atoms with Crippen molar-refractivity contribution in [1.82, 2.24) is 0 Å². The van der Waals surface area contributed by atoms with Crippen LogP contribution < -0.4 is 0 Å². The van der Waals surface area contributed by atoms with E-state index in [9.17, 15) is 0 Å². The van der Waals surface area contributed by atoms with E-state index in [4.69, 9.17) is 0 Å². The SMILES string of the molecule is CC1=Cc2cc3c(c(Br)c2C1)CCCC3. The van der Waals surface area contributed by atoms with Crippen molar-refractivity contribution in [2.24, 2.45) is 0 Å². The first-order valence-corrected chi connectivity index (χ1v) is 6.55. The summed E-state index contributed by atoms with van der Waals surface area (Å²) in [5.74, 6) is 0. The molecule has 1 aromatic rings. The van der Waals surface area contributed by atoms with Gasteiger partial charge in [-0.25, -0.2) is 0 Å². The van der Waals surface area contributed by atoms with Crippen molar-refractivity contribution in [2.75, 3.05) is 0 Å². The molecule has 0 radical (unpaired) electrons. The van der Waals surface area contributed by atoms with Crippen molar-refractivity contribution in [2.45, 2.75) is 39.0 Å². The monoisotopic (exact) mass is 262 g/mol. The Labute approximate surface area is 99.5 Å². The molecular weight excluding hydrogens is 248 g/mol. The van der Waals surface area contributed by atoms with Gasteiger partial charge in [0.05, 0.1) is 0 Å². The fraction of sp³-hybridized carbons (Fsp3) is 0.429. The highest BCUT2D eigenvalue weighted by Gasteiger charge is 2.20. The van der Waals surface area contributed by atoms with Gasteiger partial charge >= 0.3 is 0 Å². The molecule has 0 spiro atoms. The van der Waals surface area contributed by atoms with E-state index in [0.717, 1.165) is 6.42 Å². The minimum Gasteiger partial charge on any atom is -0.0683 e. The lowest BCUT2D eigenvalue weighted by molar-refractivity contribution is 0.682. The standard InChI is InChI=1S/C14H15Br/c1-9-6-11-8-10-4-2-3-5-12(10)14(15)13(11)7-9/h6,8H,2-5,7H2,1H3. The van der Waals surface area contributed by atoms with E-state index >= 15 is 0 Å². The summed E-state index contributed by atoms with van der Waals surface area (Å²) in [6.45, 7) is 2.23. The minimum atomic E-state index is 1.14. The lowest BCUT2D eigenvalue weighted by atomic mass is 9.88. The summed E-state index contributed by atoms with van der Waals surface area (Å²) in [6.07, 6.45) is 8.74. The zero-order valence-electron chi connectivity index (χ0n) is 9.07. The number of aryl methyl sites for hydroxylation is 1. The largest absolute Gasteiger partial charge is 0.0683 e. The Morgan fingerprint density at radius 3 is 2.80 bits per heavy atom. The third-order valence-corrected chi connectivity index (χ3v) is 4.53. The van der Waals surface area contributed by atoms with Gasteiger partial charge in [-0.15, -0.1) is 0 Å². The van der Waals surface area contributed by atoms with E-state index in [0.29, 0.717) is 0 Å². The van der Waals surface area contributed by atoms with Crippen LogP contribution in [0.5, 0.6) is 0 Å². The molecule has 0 saturated heterocycles. The lowest BCUT2D eigenvalue weighted by Gasteiger charge is -2.19. The van der Waals surface area contributed by atoms with Crippen LogP contribution in [0.4, 0.5) is 0 Å². The molecule has 0 amide bonds. The Kier molecular flexibility index (Phi) is 2.24. The van der Waals surface area contributed by atoms with Gasteiger partial charge in [-0.3, -0.25) is 0 Å². The van der Waals surface area contributed by atoms with Gasteiger partial charge in [0.25, 0.3) is 0 Å². The summed E-state index contributed by atoms with van der Waals surface area (Å²) in [6, 6.07) is 2.42. The second-order valence-corrected chi connectivity index (χ2v) is 5.56. The fourth-order valence-corrected chi connectivity index (χ4v) is 3.65. The number of allylic oxidation sites excluding steroid dienone is 1. The third-order valence-electron chi connectivity index (χ3n) is 3.58. The average molecular weight is 263 g/mol. The number of hydrogen-bond acceptors (Lipinski definition) is 0. The highest BCUT2D eigenvalue weighted by molar-refractivity contribution is 9.10. The van der Waals surface area contributed by atoms with E-state index in [1.165, 1.54) is 46.9 Å². The number of rotatable bonds is 0.